The Kier molecular flexibility index (Phi) is 4.75. The summed E-state index contributed by atoms with van der Waals surface area (Å²) in [6, 6.07) is 10.6. The van der Waals surface area contributed by atoms with Crippen LogP contribution in [0.3, 0.4) is 0 Å². The largest absolute Gasteiger partial charge is 0.339 e. The van der Waals surface area contributed by atoms with Gasteiger partial charge in [0.2, 0.25) is 21.7 Å². The summed E-state index contributed by atoms with van der Waals surface area (Å²) in [6.07, 6.45) is 4.67. The molecule has 27 heavy (non-hydrogen) atoms. The summed E-state index contributed by atoms with van der Waals surface area (Å²) >= 11 is 0. The van der Waals surface area contributed by atoms with Gasteiger partial charge in [-0.15, -0.1) is 0 Å². The van der Waals surface area contributed by atoms with Crippen molar-refractivity contribution in [2.45, 2.75) is 30.6 Å². The summed E-state index contributed by atoms with van der Waals surface area (Å²) in [5, 5.41) is 4.04. The number of pyridine rings is 1. The summed E-state index contributed by atoms with van der Waals surface area (Å²) in [6.45, 7) is 2.81. The highest BCUT2D eigenvalue weighted by molar-refractivity contribution is 7.89. The lowest BCUT2D eigenvalue weighted by molar-refractivity contribution is 0.271. The molecule has 3 heterocycles. The van der Waals surface area contributed by atoms with Gasteiger partial charge in [-0.2, -0.15) is 9.29 Å². The molecule has 0 bridgehead atoms. The van der Waals surface area contributed by atoms with Crippen molar-refractivity contribution >= 4 is 10.0 Å². The molecule has 4 rings (SSSR count). The average molecular weight is 384 g/mol. The minimum absolute atomic E-state index is 0.0672. The van der Waals surface area contributed by atoms with Gasteiger partial charge in [-0.25, -0.2) is 8.42 Å². The van der Waals surface area contributed by atoms with E-state index in [4.69, 9.17) is 4.52 Å². The van der Waals surface area contributed by atoms with Gasteiger partial charge in [0.1, 0.15) is 0 Å². The molecule has 140 valence electrons. The van der Waals surface area contributed by atoms with E-state index in [1.165, 1.54) is 4.31 Å². The normalized spacial score (nSPS) is 16.5. The van der Waals surface area contributed by atoms with E-state index in [1.54, 1.807) is 24.5 Å². The Morgan fingerprint density at radius 2 is 1.70 bits per heavy atom. The Labute approximate surface area is 158 Å². The van der Waals surface area contributed by atoms with Gasteiger partial charge in [0.25, 0.3) is 0 Å². The zero-order chi connectivity index (χ0) is 18.9. The van der Waals surface area contributed by atoms with Crippen molar-refractivity contribution in [2.75, 3.05) is 13.1 Å². The Hall–Kier alpha value is -2.58. The molecule has 1 aliphatic heterocycles. The molecule has 1 fully saturated rings. The van der Waals surface area contributed by atoms with Crippen molar-refractivity contribution in [1.82, 2.24) is 19.4 Å². The standard InChI is InChI=1S/C19H20N4O3S/c1-14-2-4-17(5-3-14)27(24,25)23-12-8-16(9-13-23)19-21-18(22-26-19)15-6-10-20-11-7-15/h2-7,10-11,16H,8-9,12-13H2,1H3. The fourth-order valence-electron chi connectivity index (χ4n) is 3.22. The van der Waals surface area contributed by atoms with Crippen LogP contribution in [0.1, 0.15) is 30.2 Å². The van der Waals surface area contributed by atoms with Gasteiger partial charge in [-0.05, 0) is 44.0 Å². The second-order valence-electron chi connectivity index (χ2n) is 6.68. The Morgan fingerprint density at radius 3 is 2.37 bits per heavy atom. The fraction of sp³-hybridized carbons (Fsp3) is 0.316. The van der Waals surface area contributed by atoms with E-state index in [9.17, 15) is 8.42 Å². The monoisotopic (exact) mass is 384 g/mol. The second-order valence-corrected chi connectivity index (χ2v) is 8.62. The molecule has 3 aromatic rings. The number of aryl methyl sites for hydroxylation is 1. The number of rotatable bonds is 4. The van der Waals surface area contributed by atoms with E-state index in [2.05, 4.69) is 15.1 Å². The highest BCUT2D eigenvalue weighted by atomic mass is 32.2. The van der Waals surface area contributed by atoms with Crippen LogP contribution < -0.4 is 0 Å². The highest BCUT2D eigenvalue weighted by Gasteiger charge is 2.32. The van der Waals surface area contributed by atoms with E-state index < -0.39 is 10.0 Å². The number of sulfonamides is 1. The van der Waals surface area contributed by atoms with Crippen molar-refractivity contribution in [3.05, 3.63) is 60.2 Å². The van der Waals surface area contributed by atoms with Crippen molar-refractivity contribution in [3.63, 3.8) is 0 Å². The van der Waals surface area contributed by atoms with E-state index >= 15 is 0 Å². The number of piperidine rings is 1. The van der Waals surface area contributed by atoms with Gasteiger partial charge in [0.05, 0.1) is 4.90 Å². The topological polar surface area (TPSA) is 89.2 Å². The Bertz CT molecular complexity index is 1010. The lowest BCUT2D eigenvalue weighted by atomic mass is 9.98. The fourth-order valence-corrected chi connectivity index (χ4v) is 4.69. The number of hydrogen-bond acceptors (Lipinski definition) is 6. The van der Waals surface area contributed by atoms with Gasteiger partial charge in [-0.3, -0.25) is 4.98 Å². The maximum Gasteiger partial charge on any atom is 0.243 e. The van der Waals surface area contributed by atoms with Crippen LogP contribution in [0.25, 0.3) is 11.4 Å². The minimum atomic E-state index is -3.46. The van der Waals surface area contributed by atoms with Crippen LogP contribution in [-0.2, 0) is 10.0 Å². The smallest absolute Gasteiger partial charge is 0.243 e. The molecule has 1 saturated heterocycles. The maximum atomic E-state index is 12.8. The molecule has 0 amide bonds. The quantitative estimate of drug-likeness (QED) is 0.687. The van der Waals surface area contributed by atoms with E-state index in [1.807, 2.05) is 31.2 Å². The number of nitrogens with zero attached hydrogens (tertiary/aromatic N) is 4. The molecular formula is C19H20N4O3S. The van der Waals surface area contributed by atoms with Crippen LogP contribution >= 0.6 is 0 Å². The molecule has 0 aliphatic carbocycles. The van der Waals surface area contributed by atoms with Gasteiger partial charge in [-0.1, -0.05) is 22.9 Å². The zero-order valence-corrected chi connectivity index (χ0v) is 15.8. The highest BCUT2D eigenvalue weighted by Crippen LogP contribution is 2.31. The van der Waals surface area contributed by atoms with Gasteiger partial charge < -0.3 is 4.52 Å². The molecule has 0 radical (unpaired) electrons. The molecular weight excluding hydrogens is 364 g/mol. The SMILES string of the molecule is Cc1ccc(S(=O)(=O)N2CCC(c3nc(-c4ccncc4)no3)CC2)cc1. The third kappa shape index (κ3) is 3.63. The molecule has 2 aromatic heterocycles. The summed E-state index contributed by atoms with van der Waals surface area (Å²) in [5.74, 6) is 1.16. The van der Waals surface area contributed by atoms with Crippen molar-refractivity contribution in [2.24, 2.45) is 0 Å². The third-order valence-corrected chi connectivity index (χ3v) is 6.76. The van der Waals surface area contributed by atoms with Crippen LogP contribution in [0.15, 0.2) is 58.2 Å². The predicted octanol–water partition coefficient (Wildman–Crippen LogP) is 3.01. The number of aromatic nitrogens is 3. The lowest BCUT2D eigenvalue weighted by Gasteiger charge is -2.29. The van der Waals surface area contributed by atoms with Crippen LogP contribution in [0, 0.1) is 6.92 Å². The number of benzene rings is 1. The first-order valence-corrected chi connectivity index (χ1v) is 10.3. The first-order chi connectivity index (χ1) is 13.0. The van der Waals surface area contributed by atoms with E-state index in [0.29, 0.717) is 42.5 Å². The molecule has 0 N–H and O–H groups in total. The minimum Gasteiger partial charge on any atom is -0.339 e. The molecule has 0 unspecified atom stereocenters. The summed E-state index contributed by atoms with van der Waals surface area (Å²) in [5.41, 5.74) is 1.88. The van der Waals surface area contributed by atoms with Crippen LogP contribution in [0.5, 0.6) is 0 Å². The molecule has 0 atom stereocenters. The Balaban J connectivity index is 1.45. The Morgan fingerprint density at radius 1 is 1.04 bits per heavy atom. The van der Waals surface area contributed by atoms with Crippen LogP contribution in [-0.4, -0.2) is 40.9 Å². The van der Waals surface area contributed by atoms with Crippen molar-refractivity contribution < 1.29 is 12.9 Å². The number of hydrogen-bond donors (Lipinski definition) is 0. The van der Waals surface area contributed by atoms with Crippen LogP contribution in [0.2, 0.25) is 0 Å². The lowest BCUT2D eigenvalue weighted by Crippen LogP contribution is -2.37. The summed E-state index contributed by atoms with van der Waals surface area (Å²) < 4.78 is 32.6. The van der Waals surface area contributed by atoms with Gasteiger partial charge >= 0.3 is 0 Å². The second kappa shape index (κ2) is 7.21. The van der Waals surface area contributed by atoms with Crippen molar-refractivity contribution in [1.29, 1.82) is 0 Å². The first-order valence-electron chi connectivity index (χ1n) is 8.85. The predicted molar refractivity (Wildman–Crippen MR) is 99.4 cm³/mol. The molecule has 8 heteroatoms. The maximum absolute atomic E-state index is 12.8. The van der Waals surface area contributed by atoms with E-state index in [0.717, 1.165) is 11.1 Å². The van der Waals surface area contributed by atoms with E-state index in [-0.39, 0.29) is 5.92 Å². The van der Waals surface area contributed by atoms with Crippen LogP contribution in [0.4, 0.5) is 0 Å². The average Bonchev–Trinajstić information content (AvgIpc) is 3.19. The molecule has 0 saturated carbocycles. The molecule has 7 nitrogen and oxygen atoms in total. The summed E-state index contributed by atoms with van der Waals surface area (Å²) in [4.78, 5) is 8.80. The molecule has 1 aromatic carbocycles. The van der Waals surface area contributed by atoms with Gasteiger partial charge in [0.15, 0.2) is 0 Å². The van der Waals surface area contributed by atoms with Gasteiger partial charge in [0, 0.05) is 37.0 Å². The van der Waals surface area contributed by atoms with Crippen molar-refractivity contribution in [3.8, 4) is 11.4 Å². The molecule has 1 aliphatic rings. The molecule has 0 spiro atoms. The zero-order valence-electron chi connectivity index (χ0n) is 14.9. The third-order valence-electron chi connectivity index (χ3n) is 4.84. The first kappa shape index (κ1) is 17.8. The summed E-state index contributed by atoms with van der Waals surface area (Å²) in [7, 11) is -3.46.